The van der Waals surface area contributed by atoms with Crippen LogP contribution in [0.4, 0.5) is 5.69 Å². The summed E-state index contributed by atoms with van der Waals surface area (Å²) in [5, 5.41) is 0.857. The number of anilines is 1. The molecule has 19 heavy (non-hydrogen) atoms. The topological polar surface area (TPSA) is 29.3 Å². The van der Waals surface area contributed by atoms with Crippen LogP contribution >= 0.6 is 11.6 Å². The first-order valence-electron chi connectivity index (χ1n) is 6.46. The molecule has 0 radical (unpaired) electrons. The molecule has 3 rings (SSSR count). The molecular formula is C16H17ClN2. The van der Waals surface area contributed by atoms with Gasteiger partial charge < -0.3 is 5.73 Å². The molecule has 0 atom stereocenters. The predicted molar refractivity (Wildman–Crippen MR) is 80.0 cm³/mol. The Bertz CT molecular complexity index is 622. The summed E-state index contributed by atoms with van der Waals surface area (Å²) >= 11 is 6.30. The van der Waals surface area contributed by atoms with Gasteiger partial charge in [-0.15, -0.1) is 0 Å². The molecule has 0 unspecified atom stereocenters. The van der Waals surface area contributed by atoms with Gasteiger partial charge in [0.25, 0.3) is 0 Å². The van der Waals surface area contributed by atoms with Crippen LogP contribution in [0.25, 0.3) is 0 Å². The molecule has 3 heteroatoms. The van der Waals surface area contributed by atoms with Crippen molar-refractivity contribution in [1.29, 1.82) is 0 Å². The predicted octanol–water partition coefficient (Wildman–Crippen LogP) is 3.75. The van der Waals surface area contributed by atoms with E-state index in [9.17, 15) is 0 Å². The summed E-state index contributed by atoms with van der Waals surface area (Å²) in [5.41, 5.74) is 11.8. The highest BCUT2D eigenvalue weighted by Gasteiger charge is 2.19. The quantitative estimate of drug-likeness (QED) is 0.844. The van der Waals surface area contributed by atoms with Gasteiger partial charge >= 0.3 is 0 Å². The number of nitrogens with two attached hydrogens (primary N) is 1. The highest BCUT2D eigenvalue weighted by molar-refractivity contribution is 6.31. The standard InChI is InChI=1S/C16H17ClN2/c1-11-2-3-13(16(17)6-11)9-19-8-12-4-5-15(18)7-14(12)10-19/h2-7H,8-10,18H2,1H3. The van der Waals surface area contributed by atoms with Crippen LogP contribution in [0, 0.1) is 6.92 Å². The number of nitrogen functional groups attached to an aromatic ring is 1. The van der Waals surface area contributed by atoms with Crippen LogP contribution in [0.1, 0.15) is 22.3 Å². The fourth-order valence-electron chi connectivity index (χ4n) is 2.62. The summed E-state index contributed by atoms with van der Waals surface area (Å²) in [7, 11) is 0. The molecule has 0 saturated carbocycles. The summed E-state index contributed by atoms with van der Waals surface area (Å²) in [6, 6.07) is 12.4. The van der Waals surface area contributed by atoms with Crippen LogP contribution in [-0.2, 0) is 19.6 Å². The Hall–Kier alpha value is -1.51. The number of nitrogens with zero attached hydrogens (tertiary/aromatic N) is 1. The zero-order valence-electron chi connectivity index (χ0n) is 11.0. The molecule has 0 amide bonds. The number of rotatable bonds is 2. The molecule has 1 heterocycles. The first-order valence-corrected chi connectivity index (χ1v) is 6.84. The van der Waals surface area contributed by atoms with Gasteiger partial charge in [0, 0.05) is 30.3 Å². The first kappa shape index (κ1) is 12.5. The third kappa shape index (κ3) is 2.60. The average molecular weight is 273 g/mol. The smallest absolute Gasteiger partial charge is 0.0453 e. The Labute approximate surface area is 118 Å². The van der Waals surface area contributed by atoms with E-state index < -0.39 is 0 Å². The molecule has 0 spiro atoms. The van der Waals surface area contributed by atoms with Crippen LogP contribution in [0.5, 0.6) is 0 Å². The normalized spacial score (nSPS) is 14.6. The summed E-state index contributed by atoms with van der Waals surface area (Å²) in [6.07, 6.45) is 0. The monoisotopic (exact) mass is 272 g/mol. The molecule has 0 fully saturated rings. The highest BCUT2D eigenvalue weighted by Crippen LogP contribution is 2.28. The Morgan fingerprint density at radius 3 is 2.68 bits per heavy atom. The molecule has 1 aliphatic heterocycles. The van der Waals surface area contributed by atoms with Crippen LogP contribution < -0.4 is 5.73 Å². The third-order valence-electron chi connectivity index (χ3n) is 3.62. The van der Waals surface area contributed by atoms with Crippen molar-refractivity contribution in [2.75, 3.05) is 5.73 Å². The van der Waals surface area contributed by atoms with E-state index in [1.807, 2.05) is 12.1 Å². The minimum Gasteiger partial charge on any atom is -0.399 e. The second kappa shape index (κ2) is 4.87. The van der Waals surface area contributed by atoms with E-state index in [4.69, 9.17) is 17.3 Å². The Morgan fingerprint density at radius 1 is 1.11 bits per heavy atom. The van der Waals surface area contributed by atoms with Crippen molar-refractivity contribution in [3.63, 3.8) is 0 Å². The van der Waals surface area contributed by atoms with E-state index in [1.165, 1.54) is 22.3 Å². The summed E-state index contributed by atoms with van der Waals surface area (Å²) in [4.78, 5) is 2.39. The molecule has 0 bridgehead atoms. The van der Waals surface area contributed by atoms with Gasteiger partial charge in [-0.1, -0.05) is 29.8 Å². The summed E-state index contributed by atoms with van der Waals surface area (Å²) < 4.78 is 0. The molecule has 1 aliphatic rings. The van der Waals surface area contributed by atoms with E-state index in [0.717, 1.165) is 30.3 Å². The number of halogens is 1. The maximum atomic E-state index is 6.30. The van der Waals surface area contributed by atoms with Crippen molar-refractivity contribution in [2.45, 2.75) is 26.6 Å². The first-order chi connectivity index (χ1) is 9.11. The van der Waals surface area contributed by atoms with Crippen molar-refractivity contribution in [2.24, 2.45) is 0 Å². The van der Waals surface area contributed by atoms with Gasteiger partial charge in [-0.2, -0.15) is 0 Å². The number of hydrogen-bond acceptors (Lipinski definition) is 2. The molecule has 0 saturated heterocycles. The molecule has 2 aromatic carbocycles. The third-order valence-corrected chi connectivity index (χ3v) is 3.97. The van der Waals surface area contributed by atoms with E-state index >= 15 is 0 Å². The fraction of sp³-hybridized carbons (Fsp3) is 0.250. The van der Waals surface area contributed by atoms with Crippen molar-refractivity contribution in [1.82, 2.24) is 4.90 Å². The molecule has 2 nitrogen and oxygen atoms in total. The van der Waals surface area contributed by atoms with Crippen LogP contribution in [-0.4, -0.2) is 4.90 Å². The van der Waals surface area contributed by atoms with Crippen molar-refractivity contribution >= 4 is 17.3 Å². The van der Waals surface area contributed by atoms with E-state index in [0.29, 0.717) is 0 Å². The molecule has 98 valence electrons. The maximum Gasteiger partial charge on any atom is 0.0453 e. The molecule has 0 aromatic heterocycles. The molecule has 0 aliphatic carbocycles. The van der Waals surface area contributed by atoms with Crippen LogP contribution in [0.2, 0.25) is 5.02 Å². The SMILES string of the molecule is Cc1ccc(CN2Cc3ccc(N)cc3C2)c(Cl)c1. The van der Waals surface area contributed by atoms with Gasteiger partial charge in [-0.3, -0.25) is 4.90 Å². The van der Waals surface area contributed by atoms with Gasteiger partial charge in [0.15, 0.2) is 0 Å². The highest BCUT2D eigenvalue weighted by atomic mass is 35.5. The minimum absolute atomic E-state index is 0.842. The Balaban J connectivity index is 1.77. The maximum absolute atomic E-state index is 6.30. The molecule has 2 N–H and O–H groups in total. The number of benzene rings is 2. The Kier molecular flexibility index (Phi) is 3.21. The number of aryl methyl sites for hydroxylation is 1. The average Bonchev–Trinajstić information content (AvgIpc) is 2.74. The lowest BCUT2D eigenvalue weighted by Crippen LogP contribution is -2.15. The lowest BCUT2D eigenvalue weighted by molar-refractivity contribution is 0.275. The number of hydrogen-bond donors (Lipinski definition) is 1. The van der Waals surface area contributed by atoms with Gasteiger partial charge in [-0.05, 0) is 47.4 Å². The van der Waals surface area contributed by atoms with Crippen molar-refractivity contribution < 1.29 is 0 Å². The number of fused-ring (bicyclic) bond motifs is 1. The van der Waals surface area contributed by atoms with Gasteiger partial charge in [0.1, 0.15) is 0 Å². The van der Waals surface area contributed by atoms with E-state index in [1.54, 1.807) is 0 Å². The van der Waals surface area contributed by atoms with Crippen LogP contribution in [0.3, 0.4) is 0 Å². The van der Waals surface area contributed by atoms with Gasteiger partial charge in [-0.25, -0.2) is 0 Å². The summed E-state index contributed by atoms with van der Waals surface area (Å²) in [5.74, 6) is 0. The molecular weight excluding hydrogens is 256 g/mol. The Morgan fingerprint density at radius 2 is 1.89 bits per heavy atom. The largest absolute Gasteiger partial charge is 0.399 e. The second-order valence-electron chi connectivity index (χ2n) is 5.27. The van der Waals surface area contributed by atoms with Crippen LogP contribution in [0.15, 0.2) is 36.4 Å². The molecule has 2 aromatic rings. The van der Waals surface area contributed by atoms with Crippen molar-refractivity contribution in [3.05, 3.63) is 63.7 Å². The van der Waals surface area contributed by atoms with Gasteiger partial charge in [0.05, 0.1) is 0 Å². The fourth-order valence-corrected chi connectivity index (χ4v) is 2.91. The summed E-state index contributed by atoms with van der Waals surface area (Å²) in [6.45, 7) is 4.86. The lowest BCUT2D eigenvalue weighted by Gasteiger charge is -2.16. The zero-order chi connectivity index (χ0) is 13.4. The van der Waals surface area contributed by atoms with Crippen molar-refractivity contribution in [3.8, 4) is 0 Å². The van der Waals surface area contributed by atoms with E-state index in [-0.39, 0.29) is 0 Å². The zero-order valence-corrected chi connectivity index (χ0v) is 11.7. The lowest BCUT2D eigenvalue weighted by atomic mass is 10.1. The van der Waals surface area contributed by atoms with Gasteiger partial charge in [0.2, 0.25) is 0 Å². The second-order valence-corrected chi connectivity index (χ2v) is 5.68. The van der Waals surface area contributed by atoms with E-state index in [2.05, 4.69) is 36.1 Å². The minimum atomic E-state index is 0.842.